The fraction of sp³-hybridized carbons (Fsp3) is 0.174. The van der Waals surface area contributed by atoms with Gasteiger partial charge < -0.3 is 25.1 Å². The van der Waals surface area contributed by atoms with Crippen molar-refractivity contribution >= 4 is 17.6 Å². The van der Waals surface area contributed by atoms with Crippen LogP contribution in [0.4, 0.5) is 10.1 Å². The van der Waals surface area contributed by atoms with Gasteiger partial charge in [-0.25, -0.2) is 14.0 Å². The third kappa shape index (κ3) is 4.04. The lowest BCUT2D eigenvalue weighted by Gasteiger charge is -2.35. The topological polar surface area (TPSA) is 135 Å². The summed E-state index contributed by atoms with van der Waals surface area (Å²) in [6.45, 7) is 0. The number of nitriles is 1. The Labute approximate surface area is 188 Å². The summed E-state index contributed by atoms with van der Waals surface area (Å²) >= 11 is 0. The summed E-state index contributed by atoms with van der Waals surface area (Å²) < 4.78 is 28.5. The molecule has 9 nitrogen and oxygen atoms in total. The molecule has 0 amide bonds. The second-order valence-corrected chi connectivity index (χ2v) is 6.83. The Morgan fingerprint density at radius 1 is 1.09 bits per heavy atom. The molecule has 0 aliphatic carbocycles. The molecule has 170 valence electrons. The number of methoxy groups -OCH3 is 3. The summed E-state index contributed by atoms with van der Waals surface area (Å²) in [4.78, 5) is 27.0. The molecular formula is C23H20FN3O6. The second kappa shape index (κ2) is 9.32. The Morgan fingerprint density at radius 2 is 1.73 bits per heavy atom. The minimum Gasteiger partial charge on any atom is -0.504 e. The van der Waals surface area contributed by atoms with Crippen LogP contribution in [0.5, 0.6) is 11.5 Å². The van der Waals surface area contributed by atoms with Crippen LogP contribution >= 0.6 is 0 Å². The maximum absolute atomic E-state index is 13.5. The van der Waals surface area contributed by atoms with Crippen LogP contribution in [0, 0.1) is 17.1 Å². The molecule has 0 saturated heterocycles. The zero-order valence-electron chi connectivity index (χ0n) is 18.0. The fourth-order valence-corrected chi connectivity index (χ4v) is 3.60. The number of allylic oxidation sites excluding steroid dienone is 1. The molecule has 3 rings (SSSR count). The van der Waals surface area contributed by atoms with E-state index in [1.165, 1.54) is 37.4 Å². The minimum atomic E-state index is -1.15. The van der Waals surface area contributed by atoms with E-state index in [-0.39, 0.29) is 39.9 Å². The van der Waals surface area contributed by atoms with Crippen LogP contribution in [-0.4, -0.2) is 38.4 Å². The van der Waals surface area contributed by atoms with Crippen LogP contribution in [0.2, 0.25) is 0 Å². The van der Waals surface area contributed by atoms with Crippen molar-refractivity contribution in [2.75, 3.05) is 26.2 Å². The van der Waals surface area contributed by atoms with Gasteiger partial charge in [0.05, 0.1) is 44.5 Å². The number of phenolic OH excluding ortho intramolecular Hbond substituents is 1. The first-order valence-electron chi connectivity index (χ1n) is 9.52. The number of hydrogen-bond acceptors (Lipinski definition) is 9. The van der Waals surface area contributed by atoms with E-state index < -0.39 is 23.7 Å². The number of ether oxygens (including phenoxy) is 3. The first-order chi connectivity index (χ1) is 15.8. The minimum absolute atomic E-state index is 0.0770. The maximum Gasteiger partial charge on any atom is 0.355 e. The lowest BCUT2D eigenvalue weighted by molar-refractivity contribution is -0.139. The monoisotopic (exact) mass is 453 g/mol. The van der Waals surface area contributed by atoms with Crippen LogP contribution < -0.4 is 15.4 Å². The van der Waals surface area contributed by atoms with Crippen LogP contribution in [-0.2, 0) is 19.1 Å². The molecule has 0 fully saturated rings. The number of phenols is 1. The van der Waals surface area contributed by atoms with Crippen molar-refractivity contribution in [1.82, 2.24) is 0 Å². The standard InChI is InChI=1S/C23H20FN3O6/c1-31-17-10-12(4-9-16(17)28)18-15(11-25)21(26)27(14-7-5-13(24)6-8-14)20(23(30)33-3)19(18)22(29)32-2/h4-10,18,28H,26H2,1-3H3. The molecule has 0 bridgehead atoms. The number of halogens is 1. The number of hydrogen-bond donors (Lipinski definition) is 2. The van der Waals surface area contributed by atoms with Gasteiger partial charge in [0.25, 0.3) is 0 Å². The van der Waals surface area contributed by atoms with Crippen molar-refractivity contribution in [3.05, 3.63) is 76.5 Å². The number of carbonyl (C=O) groups is 2. The van der Waals surface area contributed by atoms with Crippen LogP contribution in [0.3, 0.4) is 0 Å². The third-order valence-electron chi connectivity index (χ3n) is 5.10. The number of nitrogens with zero attached hydrogens (tertiary/aromatic N) is 2. The van der Waals surface area contributed by atoms with Gasteiger partial charge in [0.2, 0.25) is 0 Å². The van der Waals surface area contributed by atoms with Gasteiger partial charge in [0.15, 0.2) is 11.5 Å². The molecule has 0 aromatic heterocycles. The average Bonchev–Trinajstić information content (AvgIpc) is 2.83. The van der Waals surface area contributed by atoms with Gasteiger partial charge >= 0.3 is 11.9 Å². The SMILES string of the molecule is COC(=O)C1=C(C(=O)OC)N(c2ccc(F)cc2)C(N)=C(C#N)C1c1ccc(O)c(OC)c1. The van der Waals surface area contributed by atoms with E-state index in [1.54, 1.807) is 0 Å². The molecule has 1 aliphatic heterocycles. The Kier molecular flexibility index (Phi) is 6.53. The van der Waals surface area contributed by atoms with E-state index in [9.17, 15) is 24.3 Å². The van der Waals surface area contributed by atoms with E-state index in [0.29, 0.717) is 5.56 Å². The first kappa shape index (κ1) is 23.1. The number of nitrogens with two attached hydrogens (primary N) is 1. The van der Waals surface area contributed by atoms with Crippen molar-refractivity contribution in [2.45, 2.75) is 5.92 Å². The number of anilines is 1. The second-order valence-electron chi connectivity index (χ2n) is 6.83. The van der Waals surface area contributed by atoms with E-state index in [1.807, 2.05) is 6.07 Å². The van der Waals surface area contributed by atoms with E-state index in [4.69, 9.17) is 19.9 Å². The summed E-state index contributed by atoms with van der Waals surface area (Å²) in [6.07, 6.45) is 0. The number of carbonyl (C=O) groups excluding carboxylic acids is 2. The zero-order valence-corrected chi connectivity index (χ0v) is 18.0. The molecule has 1 aliphatic rings. The Balaban J connectivity index is 2.41. The average molecular weight is 453 g/mol. The van der Waals surface area contributed by atoms with Gasteiger partial charge in [-0.05, 0) is 42.0 Å². The molecule has 10 heteroatoms. The molecule has 2 aromatic carbocycles. The summed E-state index contributed by atoms with van der Waals surface area (Å²) in [5.41, 5.74) is 6.26. The van der Waals surface area contributed by atoms with Crippen molar-refractivity contribution in [3.8, 4) is 17.6 Å². The maximum atomic E-state index is 13.5. The van der Waals surface area contributed by atoms with Gasteiger partial charge in [0.1, 0.15) is 17.3 Å². The quantitative estimate of drug-likeness (QED) is 0.654. The molecule has 1 unspecified atom stereocenters. The highest BCUT2D eigenvalue weighted by Crippen LogP contribution is 2.44. The number of aromatic hydroxyl groups is 1. The highest BCUT2D eigenvalue weighted by molar-refractivity contribution is 6.06. The Morgan fingerprint density at radius 3 is 2.27 bits per heavy atom. The normalized spacial score (nSPS) is 15.7. The molecule has 3 N–H and O–H groups in total. The van der Waals surface area contributed by atoms with Crippen molar-refractivity contribution in [3.63, 3.8) is 0 Å². The summed E-state index contributed by atoms with van der Waals surface area (Å²) in [5, 5.41) is 20.0. The summed E-state index contributed by atoms with van der Waals surface area (Å²) in [7, 11) is 3.57. The Bertz CT molecular complexity index is 1210. The Hall–Kier alpha value is -4.52. The van der Waals surface area contributed by atoms with Gasteiger partial charge in [-0.3, -0.25) is 4.90 Å². The van der Waals surface area contributed by atoms with Crippen molar-refractivity contribution in [2.24, 2.45) is 5.73 Å². The van der Waals surface area contributed by atoms with E-state index in [2.05, 4.69) is 0 Å². The zero-order chi connectivity index (χ0) is 24.3. The van der Waals surface area contributed by atoms with Crippen LogP contribution in [0.15, 0.2) is 65.1 Å². The molecule has 33 heavy (non-hydrogen) atoms. The molecule has 1 heterocycles. The van der Waals surface area contributed by atoms with E-state index >= 15 is 0 Å². The summed E-state index contributed by atoms with van der Waals surface area (Å²) in [5.74, 6) is -3.80. The third-order valence-corrected chi connectivity index (χ3v) is 5.10. The van der Waals surface area contributed by atoms with Gasteiger partial charge in [-0.15, -0.1) is 0 Å². The highest BCUT2D eigenvalue weighted by atomic mass is 19.1. The van der Waals surface area contributed by atoms with Crippen LogP contribution in [0.25, 0.3) is 0 Å². The smallest absolute Gasteiger partial charge is 0.355 e. The van der Waals surface area contributed by atoms with Crippen molar-refractivity contribution in [1.29, 1.82) is 5.26 Å². The van der Waals surface area contributed by atoms with E-state index in [0.717, 1.165) is 31.3 Å². The number of esters is 2. The lowest BCUT2D eigenvalue weighted by atomic mass is 9.80. The molecule has 1 atom stereocenters. The predicted molar refractivity (Wildman–Crippen MR) is 114 cm³/mol. The first-order valence-corrected chi connectivity index (χ1v) is 9.52. The molecule has 0 radical (unpaired) electrons. The number of benzene rings is 2. The largest absolute Gasteiger partial charge is 0.504 e. The molecule has 0 spiro atoms. The molecular weight excluding hydrogens is 433 g/mol. The van der Waals surface area contributed by atoms with Gasteiger partial charge in [-0.2, -0.15) is 5.26 Å². The van der Waals surface area contributed by atoms with Crippen molar-refractivity contribution < 1.29 is 33.3 Å². The highest BCUT2D eigenvalue weighted by Gasteiger charge is 2.43. The number of rotatable bonds is 5. The lowest BCUT2D eigenvalue weighted by Crippen LogP contribution is -2.40. The molecule has 2 aromatic rings. The molecule has 0 saturated carbocycles. The van der Waals surface area contributed by atoms with Gasteiger partial charge in [0, 0.05) is 5.69 Å². The van der Waals surface area contributed by atoms with Crippen LogP contribution in [0.1, 0.15) is 11.5 Å². The summed E-state index contributed by atoms with van der Waals surface area (Å²) in [6, 6.07) is 11.1. The van der Waals surface area contributed by atoms with Gasteiger partial charge in [-0.1, -0.05) is 6.07 Å². The fourth-order valence-electron chi connectivity index (χ4n) is 3.60. The predicted octanol–water partition coefficient (Wildman–Crippen LogP) is 2.44.